The fourth-order valence-electron chi connectivity index (χ4n) is 3.33. The van der Waals surface area contributed by atoms with Crippen molar-refractivity contribution in [1.82, 2.24) is 15.5 Å². The van der Waals surface area contributed by atoms with E-state index < -0.39 is 59.9 Å². The van der Waals surface area contributed by atoms with Crippen molar-refractivity contribution < 1.29 is 34.2 Å². The first kappa shape index (κ1) is 27.7. The molecule has 13 heteroatoms. The number of carboxylic acids is 1. The van der Waals surface area contributed by atoms with Gasteiger partial charge in [0.15, 0.2) is 0 Å². The molecule has 0 spiro atoms. The maximum Gasteiger partial charge on any atom is 0.326 e. The summed E-state index contributed by atoms with van der Waals surface area (Å²) < 4.78 is 0. The summed E-state index contributed by atoms with van der Waals surface area (Å²) in [7, 11) is 0. The highest BCUT2D eigenvalue weighted by atomic mass is 32.2. The molecule has 1 heterocycles. The maximum atomic E-state index is 13.0. The zero-order valence-corrected chi connectivity index (χ0v) is 19.1. The average Bonchev–Trinajstić information content (AvgIpc) is 3.22. The van der Waals surface area contributed by atoms with E-state index in [1.54, 1.807) is 0 Å². The molecule has 1 saturated heterocycles. The van der Waals surface area contributed by atoms with Gasteiger partial charge in [0.05, 0.1) is 12.1 Å². The molecule has 0 aromatic heterocycles. The highest BCUT2D eigenvalue weighted by Crippen LogP contribution is 2.19. The van der Waals surface area contributed by atoms with Gasteiger partial charge in [-0.25, -0.2) is 4.79 Å². The number of aliphatic carboxylic acids is 1. The van der Waals surface area contributed by atoms with Crippen LogP contribution in [0.2, 0.25) is 0 Å². The molecule has 32 heavy (non-hydrogen) atoms. The number of likely N-dealkylation sites (tertiary alicyclic amines) is 1. The van der Waals surface area contributed by atoms with Crippen LogP contribution in [0.15, 0.2) is 0 Å². The van der Waals surface area contributed by atoms with Crippen molar-refractivity contribution in [3.63, 3.8) is 0 Å². The molecule has 4 amide bonds. The fourth-order valence-corrected chi connectivity index (χ4v) is 3.82. The van der Waals surface area contributed by atoms with Gasteiger partial charge in [-0.1, -0.05) is 0 Å². The number of nitrogens with one attached hydrogen (secondary N) is 2. The normalized spacial score (nSPS) is 19.5. The minimum atomic E-state index is -1.40. The van der Waals surface area contributed by atoms with Crippen molar-refractivity contribution in [1.29, 1.82) is 0 Å². The molecule has 5 unspecified atom stereocenters. The molecule has 182 valence electrons. The van der Waals surface area contributed by atoms with Crippen molar-refractivity contribution in [2.45, 2.75) is 69.3 Å². The summed E-state index contributed by atoms with van der Waals surface area (Å²) in [6, 6.07) is -4.57. The van der Waals surface area contributed by atoms with Crippen LogP contribution >= 0.6 is 11.8 Å². The number of hydrogen-bond donors (Lipinski definition) is 6. The molecular weight excluding hydrogens is 442 g/mol. The topological polar surface area (TPSA) is 205 Å². The number of carbonyl (C=O) groups is 5. The number of aliphatic hydroxyl groups excluding tert-OH is 1. The molecule has 1 fully saturated rings. The first-order valence-corrected chi connectivity index (χ1v) is 11.7. The van der Waals surface area contributed by atoms with Gasteiger partial charge < -0.3 is 37.2 Å². The van der Waals surface area contributed by atoms with Gasteiger partial charge in [0.2, 0.25) is 23.6 Å². The van der Waals surface area contributed by atoms with Gasteiger partial charge in [-0.2, -0.15) is 11.8 Å². The molecule has 1 aliphatic heterocycles. The Kier molecular flexibility index (Phi) is 11.4. The van der Waals surface area contributed by atoms with Gasteiger partial charge in [-0.15, -0.1) is 0 Å². The van der Waals surface area contributed by atoms with Crippen LogP contribution in [-0.2, 0) is 24.0 Å². The summed E-state index contributed by atoms with van der Waals surface area (Å²) in [5, 5.41) is 24.2. The van der Waals surface area contributed by atoms with E-state index >= 15 is 0 Å². The van der Waals surface area contributed by atoms with E-state index in [1.807, 2.05) is 6.26 Å². The lowest BCUT2D eigenvalue weighted by atomic mass is 10.1. The van der Waals surface area contributed by atoms with Gasteiger partial charge in [0.25, 0.3) is 0 Å². The third-order valence-electron chi connectivity index (χ3n) is 5.15. The minimum Gasteiger partial charge on any atom is -0.480 e. The molecule has 12 nitrogen and oxygen atoms in total. The smallest absolute Gasteiger partial charge is 0.326 e. The van der Waals surface area contributed by atoms with Crippen molar-refractivity contribution in [2.24, 2.45) is 11.5 Å². The van der Waals surface area contributed by atoms with Gasteiger partial charge in [0, 0.05) is 13.0 Å². The average molecular weight is 476 g/mol. The van der Waals surface area contributed by atoms with Crippen LogP contribution in [-0.4, -0.2) is 93.5 Å². The quantitative estimate of drug-likeness (QED) is 0.170. The lowest BCUT2D eigenvalue weighted by molar-refractivity contribution is -0.149. The molecule has 1 rings (SSSR count). The van der Waals surface area contributed by atoms with Crippen LogP contribution < -0.4 is 22.1 Å². The third kappa shape index (κ3) is 8.28. The Morgan fingerprint density at radius 1 is 1.16 bits per heavy atom. The van der Waals surface area contributed by atoms with Crippen molar-refractivity contribution >= 4 is 41.4 Å². The number of carboxylic acid groups (broad SMARTS) is 1. The van der Waals surface area contributed by atoms with Crippen LogP contribution in [0, 0.1) is 0 Å². The summed E-state index contributed by atoms with van der Waals surface area (Å²) in [6.45, 7) is 1.48. The number of nitrogens with zero attached hydrogens (tertiary/aromatic N) is 1. The fraction of sp³-hybridized carbons (Fsp3) is 0.737. The first-order valence-electron chi connectivity index (χ1n) is 10.3. The number of rotatable bonds is 13. The highest BCUT2D eigenvalue weighted by Gasteiger charge is 2.39. The number of primary amides is 1. The molecule has 0 aliphatic carbocycles. The van der Waals surface area contributed by atoms with Gasteiger partial charge in [0.1, 0.15) is 18.1 Å². The Morgan fingerprint density at radius 2 is 1.81 bits per heavy atom. The number of nitrogens with two attached hydrogens (primary N) is 2. The minimum absolute atomic E-state index is 0.156. The molecule has 0 aromatic carbocycles. The molecule has 0 bridgehead atoms. The van der Waals surface area contributed by atoms with Crippen LogP contribution in [0.1, 0.15) is 39.0 Å². The summed E-state index contributed by atoms with van der Waals surface area (Å²) >= 11 is 1.50. The molecule has 1 aliphatic rings. The summed E-state index contributed by atoms with van der Waals surface area (Å²) in [5.74, 6) is -3.40. The Labute approximate surface area is 190 Å². The van der Waals surface area contributed by atoms with E-state index in [0.717, 1.165) is 4.90 Å². The molecule has 0 saturated carbocycles. The number of hydrogen-bond acceptors (Lipinski definition) is 8. The van der Waals surface area contributed by atoms with E-state index in [2.05, 4.69) is 10.6 Å². The predicted octanol–water partition coefficient (Wildman–Crippen LogP) is -2.24. The second kappa shape index (κ2) is 13.2. The number of amides is 4. The molecule has 5 atom stereocenters. The van der Waals surface area contributed by atoms with Crippen molar-refractivity contribution in [2.75, 3.05) is 18.6 Å². The Morgan fingerprint density at radius 3 is 2.34 bits per heavy atom. The second-order valence-electron chi connectivity index (χ2n) is 7.71. The molecule has 0 radical (unpaired) electrons. The second-order valence-corrected chi connectivity index (χ2v) is 8.69. The summed E-state index contributed by atoms with van der Waals surface area (Å²) in [6.07, 6.45) is 1.29. The van der Waals surface area contributed by atoms with Crippen LogP contribution in [0.3, 0.4) is 0 Å². The van der Waals surface area contributed by atoms with Crippen LogP contribution in [0.4, 0.5) is 0 Å². The monoisotopic (exact) mass is 475 g/mol. The zero-order chi connectivity index (χ0) is 24.4. The largest absolute Gasteiger partial charge is 0.480 e. The van der Waals surface area contributed by atoms with Crippen molar-refractivity contribution in [3.8, 4) is 0 Å². The van der Waals surface area contributed by atoms with E-state index in [-0.39, 0.29) is 25.8 Å². The van der Waals surface area contributed by atoms with Crippen LogP contribution in [0.25, 0.3) is 0 Å². The Balaban J connectivity index is 2.96. The summed E-state index contributed by atoms with van der Waals surface area (Å²) in [4.78, 5) is 61.9. The molecular formula is C19H33N5O7S. The van der Waals surface area contributed by atoms with E-state index in [1.165, 1.54) is 18.7 Å². The number of thioether (sulfide) groups is 1. The van der Waals surface area contributed by atoms with E-state index in [9.17, 15) is 34.2 Å². The lowest BCUT2D eigenvalue weighted by Crippen LogP contribution is -2.59. The first-order chi connectivity index (χ1) is 15.0. The Hall–Kier alpha value is -2.38. The maximum absolute atomic E-state index is 13.0. The lowest BCUT2D eigenvalue weighted by Gasteiger charge is -2.29. The highest BCUT2D eigenvalue weighted by molar-refractivity contribution is 7.98. The number of aliphatic hydroxyl groups is 1. The third-order valence-corrected chi connectivity index (χ3v) is 5.79. The van der Waals surface area contributed by atoms with Crippen LogP contribution in [0.5, 0.6) is 0 Å². The van der Waals surface area contributed by atoms with Crippen molar-refractivity contribution in [3.05, 3.63) is 0 Å². The number of carbonyl (C=O) groups excluding carboxylic acids is 4. The predicted molar refractivity (Wildman–Crippen MR) is 117 cm³/mol. The zero-order valence-electron chi connectivity index (χ0n) is 18.3. The summed E-state index contributed by atoms with van der Waals surface area (Å²) in [5.41, 5.74) is 11.0. The van der Waals surface area contributed by atoms with E-state index in [4.69, 9.17) is 11.5 Å². The molecule has 0 aromatic rings. The van der Waals surface area contributed by atoms with Gasteiger partial charge in [-0.05, 0) is 44.6 Å². The Bertz CT molecular complexity index is 706. The molecule has 8 N–H and O–H groups in total. The van der Waals surface area contributed by atoms with Gasteiger partial charge >= 0.3 is 5.97 Å². The van der Waals surface area contributed by atoms with E-state index in [0.29, 0.717) is 18.6 Å². The SMILES string of the molecule is CSCCC(N)C(=O)NC(C(=O)NC(CCC(N)=O)C(=O)N1CCCC1C(=O)O)C(C)O. The van der Waals surface area contributed by atoms with Gasteiger partial charge in [-0.3, -0.25) is 19.2 Å². The standard InChI is InChI=1S/C19H33N5O7S/c1-10(25)15(23-16(27)11(20)7-9-32-2)17(28)22-12(5-6-14(21)26)18(29)24-8-3-4-13(24)19(30)31/h10-13,15,25H,3-9,20H2,1-2H3,(H2,21,26)(H,22,28)(H,23,27)(H,30,31).